The van der Waals surface area contributed by atoms with Crippen LogP contribution >= 0.6 is 0 Å². The van der Waals surface area contributed by atoms with Gasteiger partial charge in [-0.05, 0) is 53.1 Å². The highest BCUT2D eigenvalue weighted by Gasteiger charge is 2.57. The van der Waals surface area contributed by atoms with Crippen LogP contribution in [0.3, 0.4) is 0 Å². The smallest absolute Gasteiger partial charge is 0.402 e. The largest absolute Gasteiger partial charge is 0.497 e. The first-order valence-corrected chi connectivity index (χ1v) is 19.7. The number of methoxy groups -OCH3 is 2. The summed E-state index contributed by atoms with van der Waals surface area (Å²) in [4.78, 5) is 38.2. The molecule has 0 aliphatic carbocycles. The number of aromatic amines is 1. The number of fused-ring (bicyclic) bond motifs is 1. The van der Waals surface area contributed by atoms with E-state index in [9.17, 15) is 41.0 Å². The number of alkyl halides is 6. The molecule has 6 aromatic rings. The highest BCUT2D eigenvalue weighted by atomic mass is 19.4. The van der Waals surface area contributed by atoms with Crippen LogP contribution in [0, 0.1) is 5.92 Å². The molecule has 0 spiro atoms. The summed E-state index contributed by atoms with van der Waals surface area (Å²) >= 11 is 0. The van der Waals surface area contributed by atoms with Gasteiger partial charge in [0.2, 0.25) is 11.7 Å². The number of hydrogen-bond acceptors (Lipinski definition) is 13. The molecule has 15 nitrogen and oxygen atoms in total. The number of ether oxygens (including phenoxy) is 7. The molecular formula is C44H41F6N5O10. The maximum absolute atomic E-state index is 14.9. The van der Waals surface area contributed by atoms with Gasteiger partial charge in [0.1, 0.15) is 54.6 Å². The maximum Gasteiger partial charge on any atom is 0.402 e. The van der Waals surface area contributed by atoms with Gasteiger partial charge in [-0.3, -0.25) is 19.1 Å². The van der Waals surface area contributed by atoms with Crippen molar-refractivity contribution in [1.82, 2.24) is 19.5 Å². The minimum atomic E-state index is -5.72. The third-order valence-corrected chi connectivity index (χ3v) is 10.6. The number of rotatable bonds is 18. The zero-order valence-corrected chi connectivity index (χ0v) is 34.4. The molecule has 4 N–H and O–H groups in total. The Morgan fingerprint density at radius 1 is 0.831 bits per heavy atom. The van der Waals surface area contributed by atoms with Crippen LogP contribution in [0.5, 0.6) is 17.2 Å². The number of para-hydroxylation sites is 1. The van der Waals surface area contributed by atoms with E-state index in [0.717, 1.165) is 10.9 Å². The van der Waals surface area contributed by atoms with Crippen molar-refractivity contribution in [3.05, 3.63) is 143 Å². The van der Waals surface area contributed by atoms with Gasteiger partial charge < -0.3 is 44.0 Å². The van der Waals surface area contributed by atoms with Crippen LogP contribution < -0.4 is 25.5 Å². The predicted molar refractivity (Wildman–Crippen MR) is 218 cm³/mol. The summed E-state index contributed by atoms with van der Waals surface area (Å²) in [7, 11) is 2.96. The van der Waals surface area contributed by atoms with Crippen molar-refractivity contribution in [2.45, 2.75) is 48.6 Å². The summed E-state index contributed by atoms with van der Waals surface area (Å²) in [6.45, 7) is -3.81. The number of benzene rings is 4. The lowest BCUT2D eigenvalue weighted by atomic mass is 9.79. The first-order chi connectivity index (χ1) is 31.0. The Hall–Kier alpha value is -6.52. The van der Waals surface area contributed by atoms with Gasteiger partial charge in [-0.25, -0.2) is 4.98 Å². The average Bonchev–Trinajstić information content (AvgIpc) is 3.86. The summed E-state index contributed by atoms with van der Waals surface area (Å²) < 4.78 is 122. The van der Waals surface area contributed by atoms with E-state index in [4.69, 9.17) is 38.9 Å². The summed E-state index contributed by atoms with van der Waals surface area (Å²) in [6, 6.07) is 30.5. The number of nitrogen functional groups attached to an aromatic ring is 1. The van der Waals surface area contributed by atoms with Crippen LogP contribution in [0.2, 0.25) is 0 Å². The van der Waals surface area contributed by atoms with Crippen LogP contribution in [0.25, 0.3) is 11.2 Å². The van der Waals surface area contributed by atoms with E-state index in [1.54, 1.807) is 109 Å². The van der Waals surface area contributed by atoms with E-state index < -0.39 is 85.9 Å². The summed E-state index contributed by atoms with van der Waals surface area (Å²) in [5.41, 5.74) is 4.21. The van der Waals surface area contributed by atoms with Crippen molar-refractivity contribution in [2.75, 3.05) is 40.0 Å². The van der Waals surface area contributed by atoms with Gasteiger partial charge in [0.25, 0.3) is 5.56 Å². The van der Waals surface area contributed by atoms with Crippen LogP contribution in [0.15, 0.2) is 120 Å². The second-order valence-electron chi connectivity index (χ2n) is 14.6. The molecule has 7 rings (SSSR count). The third kappa shape index (κ3) is 9.93. The quantitative estimate of drug-likeness (QED) is 0.0388. The molecule has 5 atom stereocenters. The average molecular weight is 914 g/mol. The number of nitrogens with zero attached hydrogens (tertiary/aromatic N) is 3. The summed E-state index contributed by atoms with van der Waals surface area (Å²) in [6.07, 6.45) is -19.5. The van der Waals surface area contributed by atoms with Crippen molar-refractivity contribution in [2.24, 2.45) is 5.92 Å². The Balaban J connectivity index is 1.36. The Morgan fingerprint density at radius 2 is 1.38 bits per heavy atom. The molecule has 344 valence electrons. The molecule has 65 heavy (non-hydrogen) atoms. The predicted octanol–water partition coefficient (Wildman–Crippen LogP) is 6.10. The number of halogens is 6. The molecule has 1 saturated heterocycles. The van der Waals surface area contributed by atoms with E-state index in [0.29, 0.717) is 28.2 Å². The Labute approximate surface area is 365 Å². The van der Waals surface area contributed by atoms with Gasteiger partial charge in [-0.15, -0.1) is 0 Å². The fraction of sp³-hybridized carbons (Fsp3) is 0.318. The van der Waals surface area contributed by atoms with E-state index >= 15 is 0 Å². The third-order valence-electron chi connectivity index (χ3n) is 10.6. The van der Waals surface area contributed by atoms with Crippen LogP contribution in [-0.2, 0) is 29.3 Å². The number of Topliss-reactive ketones (excluding diaryl/α,β-unsaturated/α-hetero) is 1. The van der Waals surface area contributed by atoms with Gasteiger partial charge in [0.15, 0.2) is 29.4 Å². The number of carbonyl (C=O) groups excluding carboxylic acids is 1. The molecule has 4 aromatic carbocycles. The molecule has 0 radical (unpaired) electrons. The monoisotopic (exact) mass is 913 g/mol. The highest BCUT2D eigenvalue weighted by Crippen LogP contribution is 2.46. The number of aliphatic hydroxyl groups excluding tert-OH is 1. The van der Waals surface area contributed by atoms with Crippen LogP contribution in [0.1, 0.15) is 22.9 Å². The highest BCUT2D eigenvalue weighted by molar-refractivity contribution is 5.85. The van der Waals surface area contributed by atoms with Crippen molar-refractivity contribution < 1.29 is 69.4 Å². The molecule has 1 unspecified atom stereocenters. The Kier molecular flexibility index (Phi) is 13.8. The molecular weight excluding hydrogens is 872 g/mol. The molecule has 1 fully saturated rings. The second-order valence-corrected chi connectivity index (χ2v) is 14.6. The molecule has 21 heteroatoms. The van der Waals surface area contributed by atoms with Gasteiger partial charge >= 0.3 is 12.4 Å². The number of carbonyl (C=O) groups is 1. The Morgan fingerprint density at radius 3 is 1.94 bits per heavy atom. The van der Waals surface area contributed by atoms with Gasteiger partial charge in [-0.2, -0.15) is 31.3 Å². The van der Waals surface area contributed by atoms with Crippen molar-refractivity contribution in [3.63, 3.8) is 0 Å². The van der Waals surface area contributed by atoms with E-state index in [2.05, 4.69) is 15.0 Å². The summed E-state index contributed by atoms with van der Waals surface area (Å²) in [5.74, 6) is -3.80. The molecule has 2 aromatic heterocycles. The zero-order chi connectivity index (χ0) is 46.5. The lowest BCUT2D eigenvalue weighted by molar-refractivity contribution is -0.299. The summed E-state index contributed by atoms with van der Waals surface area (Å²) in [5, 5.41) is 12.3. The number of imidazole rings is 1. The van der Waals surface area contributed by atoms with Gasteiger partial charge in [0, 0.05) is 0 Å². The van der Waals surface area contributed by atoms with Gasteiger partial charge in [-0.1, -0.05) is 72.8 Å². The molecule has 1 aliphatic heterocycles. The molecule has 0 amide bonds. The number of ketones is 1. The molecule has 0 bridgehead atoms. The lowest BCUT2D eigenvalue weighted by Gasteiger charge is -2.40. The fourth-order valence-corrected chi connectivity index (χ4v) is 7.41. The number of aromatic nitrogens is 4. The minimum absolute atomic E-state index is 0.223. The van der Waals surface area contributed by atoms with Crippen molar-refractivity contribution in [3.8, 4) is 17.2 Å². The van der Waals surface area contributed by atoms with E-state index in [1.807, 2.05) is 0 Å². The fourth-order valence-electron chi connectivity index (χ4n) is 7.41. The number of nitrogens with two attached hydrogens (primary N) is 1. The number of hydrogen-bond donors (Lipinski definition) is 3. The van der Waals surface area contributed by atoms with Crippen LogP contribution in [-0.4, -0.2) is 101 Å². The van der Waals surface area contributed by atoms with Crippen LogP contribution in [0.4, 0.5) is 32.3 Å². The molecule has 3 heterocycles. The van der Waals surface area contributed by atoms with Crippen molar-refractivity contribution in [1.29, 1.82) is 0 Å². The maximum atomic E-state index is 14.9. The van der Waals surface area contributed by atoms with E-state index in [-0.39, 0.29) is 22.9 Å². The SMILES string of the molecule is COc1ccc(C(OC(C(=O)COc2ccccc2)[C@H]2O[C@@H](n3cnc4c(=O)[nH]c(N)nc43)[C@H](OCOCC(C(F)(F)F)C(F)(F)F)[C@@H]2O)(c2ccccc2)c2ccc(OC)cc2)cc1. The molecule has 0 saturated carbocycles. The second kappa shape index (κ2) is 19.3. The first-order valence-electron chi connectivity index (χ1n) is 19.7. The minimum Gasteiger partial charge on any atom is -0.497 e. The number of H-pyrrole nitrogens is 1. The topological polar surface area (TPSA) is 191 Å². The number of nitrogens with one attached hydrogen (secondary N) is 1. The number of anilines is 1. The first kappa shape index (κ1) is 46.5. The normalized spacial score (nSPS) is 18.5. The standard InChI is InChI=1S/C44H41F6N5O10/c1-59-28-17-13-26(14-18-28)42(25-9-5-3-6-10-25,27-15-19-29(60-2)20-16-27)65-35(31(56)21-62-30-11-7-4-8-12-30)36-34(57)37(63-24-61-22-32(43(45,46)47)44(48,49)50)40(64-36)55-23-52-33-38(55)53-41(51)54-39(33)58/h3-20,23,32,34-37,40,57H,21-22,24H2,1-2H3,(H3,51,53,54,58)/t34-,35?,36+,37-,40-/m1/s1. The van der Waals surface area contributed by atoms with Crippen molar-refractivity contribution >= 4 is 22.9 Å². The number of aliphatic hydroxyl groups is 1. The molecule has 1 aliphatic rings. The Bertz CT molecular complexity index is 2520. The lowest BCUT2D eigenvalue weighted by Crippen LogP contribution is -2.51. The van der Waals surface area contributed by atoms with Gasteiger partial charge in [0.05, 0.1) is 27.2 Å². The zero-order valence-electron chi connectivity index (χ0n) is 34.4. The van der Waals surface area contributed by atoms with E-state index in [1.165, 1.54) is 14.2 Å².